The third-order valence-electron chi connectivity index (χ3n) is 2.75. The van der Waals surface area contributed by atoms with Gasteiger partial charge in [0.2, 0.25) is 0 Å². The Balaban J connectivity index is 2.42. The van der Waals surface area contributed by atoms with Crippen LogP contribution in [0.4, 0.5) is 0 Å². The minimum atomic E-state index is -0.780. The van der Waals surface area contributed by atoms with Crippen LogP contribution in [-0.2, 0) is 17.8 Å². The topological polar surface area (TPSA) is 42.2 Å². The van der Waals surface area contributed by atoms with E-state index in [2.05, 4.69) is 10.8 Å². The van der Waals surface area contributed by atoms with Gasteiger partial charge in [-0.3, -0.25) is 4.79 Å². The van der Waals surface area contributed by atoms with Crippen molar-refractivity contribution in [3.05, 3.63) is 36.0 Å². The van der Waals surface area contributed by atoms with Gasteiger partial charge in [0.1, 0.15) is 0 Å². The lowest BCUT2D eigenvalue weighted by molar-refractivity contribution is -0.136. The molecule has 0 spiro atoms. The van der Waals surface area contributed by atoms with Crippen molar-refractivity contribution in [2.24, 2.45) is 0 Å². The summed E-state index contributed by atoms with van der Waals surface area (Å²) in [5.41, 5.74) is 2.02. The minimum absolute atomic E-state index is 0.0901. The second kappa shape index (κ2) is 5.27. The first kappa shape index (κ1) is 12.0. The second-order valence-electron chi connectivity index (χ2n) is 3.93. The van der Waals surface area contributed by atoms with E-state index in [4.69, 9.17) is 5.11 Å². The fourth-order valence-electron chi connectivity index (χ4n) is 2.00. The van der Waals surface area contributed by atoms with E-state index in [1.54, 1.807) is 11.8 Å². The Morgan fingerprint density at radius 3 is 2.88 bits per heavy atom. The molecule has 3 nitrogen and oxygen atoms in total. The maximum atomic E-state index is 10.8. The van der Waals surface area contributed by atoms with E-state index in [0.717, 1.165) is 28.8 Å². The highest BCUT2D eigenvalue weighted by molar-refractivity contribution is 7.98. The van der Waals surface area contributed by atoms with Crippen LogP contribution in [0, 0.1) is 0 Å². The van der Waals surface area contributed by atoms with E-state index >= 15 is 0 Å². The number of benzene rings is 1. The number of aryl methyl sites for hydroxylation is 1. The van der Waals surface area contributed by atoms with Gasteiger partial charge in [0, 0.05) is 29.4 Å². The molecule has 1 aromatic carbocycles. The molecule has 1 heterocycles. The number of rotatable bonds is 5. The predicted octanol–water partition coefficient (Wildman–Crippen LogP) is 2.63. The van der Waals surface area contributed by atoms with Crippen LogP contribution in [-0.4, -0.2) is 27.7 Å². The normalized spacial score (nSPS) is 10.9. The number of hydrogen-bond donors (Lipinski definition) is 1. The molecule has 0 fully saturated rings. The summed E-state index contributed by atoms with van der Waals surface area (Å²) in [6.07, 6.45) is 4.13. The molecule has 1 aromatic heterocycles. The SMILES string of the molecule is CSCCn1cc(CC(=O)O)c2ccccc21. The van der Waals surface area contributed by atoms with Crippen LogP contribution < -0.4 is 0 Å². The zero-order chi connectivity index (χ0) is 12.3. The van der Waals surface area contributed by atoms with Crippen LogP contribution in [0.15, 0.2) is 30.5 Å². The molecule has 90 valence electrons. The Morgan fingerprint density at radius 2 is 2.18 bits per heavy atom. The molecule has 0 aliphatic rings. The van der Waals surface area contributed by atoms with Crippen LogP contribution in [0.3, 0.4) is 0 Å². The lowest BCUT2D eigenvalue weighted by Crippen LogP contribution is -2.00. The van der Waals surface area contributed by atoms with Crippen LogP contribution in [0.5, 0.6) is 0 Å². The van der Waals surface area contributed by atoms with E-state index in [1.807, 2.05) is 30.5 Å². The first-order chi connectivity index (χ1) is 8.22. The molecular weight excluding hydrogens is 234 g/mol. The molecule has 0 bridgehead atoms. The first-order valence-corrected chi connectivity index (χ1v) is 6.89. The number of thioether (sulfide) groups is 1. The average molecular weight is 249 g/mol. The number of carboxylic acid groups (broad SMARTS) is 1. The Bertz CT molecular complexity index is 533. The van der Waals surface area contributed by atoms with Crippen molar-refractivity contribution in [2.75, 3.05) is 12.0 Å². The minimum Gasteiger partial charge on any atom is -0.481 e. The maximum absolute atomic E-state index is 10.8. The van der Waals surface area contributed by atoms with E-state index in [-0.39, 0.29) is 6.42 Å². The average Bonchev–Trinajstić information content (AvgIpc) is 2.65. The zero-order valence-electron chi connectivity index (χ0n) is 9.72. The van der Waals surface area contributed by atoms with Crippen molar-refractivity contribution < 1.29 is 9.90 Å². The van der Waals surface area contributed by atoms with Gasteiger partial charge in [0.15, 0.2) is 0 Å². The Hall–Kier alpha value is -1.42. The summed E-state index contributed by atoms with van der Waals surface area (Å²) in [7, 11) is 0. The van der Waals surface area contributed by atoms with Gasteiger partial charge in [-0.1, -0.05) is 18.2 Å². The molecule has 0 aliphatic carbocycles. The fourth-order valence-corrected chi connectivity index (χ4v) is 2.38. The second-order valence-corrected chi connectivity index (χ2v) is 4.91. The lowest BCUT2D eigenvalue weighted by Gasteiger charge is -2.02. The molecule has 0 atom stereocenters. The molecule has 17 heavy (non-hydrogen) atoms. The van der Waals surface area contributed by atoms with Crippen LogP contribution >= 0.6 is 11.8 Å². The molecule has 0 radical (unpaired) electrons. The molecule has 0 saturated carbocycles. The Labute approximate surface area is 104 Å². The van der Waals surface area contributed by atoms with Crippen LogP contribution in [0.1, 0.15) is 5.56 Å². The highest BCUT2D eigenvalue weighted by Crippen LogP contribution is 2.22. The maximum Gasteiger partial charge on any atom is 0.307 e. The van der Waals surface area contributed by atoms with E-state index in [9.17, 15) is 4.79 Å². The number of carbonyl (C=O) groups is 1. The standard InChI is InChI=1S/C13H15NO2S/c1-17-7-6-14-9-10(8-13(15)16)11-4-2-3-5-12(11)14/h2-5,9H,6-8H2,1H3,(H,15,16). The summed E-state index contributed by atoms with van der Waals surface area (Å²) >= 11 is 1.79. The quantitative estimate of drug-likeness (QED) is 0.885. The highest BCUT2D eigenvalue weighted by atomic mass is 32.2. The number of aliphatic carboxylic acids is 1. The van der Waals surface area contributed by atoms with Gasteiger partial charge in [-0.2, -0.15) is 11.8 Å². The summed E-state index contributed by atoms with van der Waals surface area (Å²) in [6, 6.07) is 7.97. The van der Waals surface area contributed by atoms with Crippen molar-refractivity contribution in [1.82, 2.24) is 4.57 Å². The van der Waals surface area contributed by atoms with Crippen molar-refractivity contribution in [3.63, 3.8) is 0 Å². The van der Waals surface area contributed by atoms with Gasteiger partial charge in [-0.15, -0.1) is 0 Å². The summed E-state index contributed by atoms with van der Waals surface area (Å²) in [4.78, 5) is 10.8. The van der Waals surface area contributed by atoms with Gasteiger partial charge < -0.3 is 9.67 Å². The summed E-state index contributed by atoms with van der Waals surface area (Å²) < 4.78 is 2.14. The van der Waals surface area contributed by atoms with Crippen molar-refractivity contribution >= 4 is 28.6 Å². The third-order valence-corrected chi connectivity index (χ3v) is 3.34. The monoisotopic (exact) mass is 249 g/mol. The third kappa shape index (κ3) is 2.64. The predicted molar refractivity (Wildman–Crippen MR) is 71.7 cm³/mol. The summed E-state index contributed by atoms with van der Waals surface area (Å²) in [6.45, 7) is 0.918. The van der Waals surface area contributed by atoms with E-state index < -0.39 is 5.97 Å². The number of carboxylic acids is 1. The van der Waals surface area contributed by atoms with Crippen molar-refractivity contribution in [2.45, 2.75) is 13.0 Å². The van der Waals surface area contributed by atoms with Gasteiger partial charge in [-0.25, -0.2) is 0 Å². The molecule has 0 amide bonds. The van der Waals surface area contributed by atoms with E-state index in [0.29, 0.717) is 0 Å². The largest absolute Gasteiger partial charge is 0.481 e. The van der Waals surface area contributed by atoms with Gasteiger partial charge in [0.05, 0.1) is 6.42 Å². The fraction of sp³-hybridized carbons (Fsp3) is 0.308. The zero-order valence-corrected chi connectivity index (χ0v) is 10.5. The number of aromatic nitrogens is 1. The van der Waals surface area contributed by atoms with Crippen LogP contribution in [0.25, 0.3) is 10.9 Å². The van der Waals surface area contributed by atoms with Crippen molar-refractivity contribution in [3.8, 4) is 0 Å². The Kier molecular flexibility index (Phi) is 3.74. The highest BCUT2D eigenvalue weighted by Gasteiger charge is 2.10. The molecule has 0 aliphatic heterocycles. The molecule has 2 aromatic rings. The summed E-state index contributed by atoms with van der Waals surface area (Å²) in [5, 5.41) is 9.95. The van der Waals surface area contributed by atoms with Gasteiger partial charge in [0.25, 0.3) is 0 Å². The van der Waals surface area contributed by atoms with Crippen molar-refractivity contribution in [1.29, 1.82) is 0 Å². The Morgan fingerprint density at radius 1 is 1.41 bits per heavy atom. The molecule has 2 rings (SSSR count). The molecule has 4 heteroatoms. The first-order valence-electron chi connectivity index (χ1n) is 5.50. The summed E-state index contributed by atoms with van der Waals surface area (Å²) in [5.74, 6) is 0.253. The van der Waals surface area contributed by atoms with E-state index in [1.165, 1.54) is 0 Å². The smallest absolute Gasteiger partial charge is 0.307 e. The molecule has 0 saturated heterocycles. The van der Waals surface area contributed by atoms with Crippen LogP contribution in [0.2, 0.25) is 0 Å². The van der Waals surface area contributed by atoms with Gasteiger partial charge in [-0.05, 0) is 17.9 Å². The van der Waals surface area contributed by atoms with Gasteiger partial charge >= 0.3 is 5.97 Å². The molecule has 0 unspecified atom stereocenters. The molecule has 1 N–H and O–H groups in total. The number of nitrogens with zero attached hydrogens (tertiary/aromatic N) is 1. The number of para-hydroxylation sites is 1. The lowest BCUT2D eigenvalue weighted by atomic mass is 10.1. The number of fused-ring (bicyclic) bond motifs is 1. The molecular formula is C13H15NO2S. The number of hydrogen-bond acceptors (Lipinski definition) is 2.